The largest absolute Gasteiger partial charge is 0.355 e. The topological polar surface area (TPSA) is 61.4 Å². The molecule has 1 unspecified atom stereocenters. The van der Waals surface area contributed by atoms with Gasteiger partial charge in [0, 0.05) is 25.3 Å². The van der Waals surface area contributed by atoms with Gasteiger partial charge < -0.3 is 10.2 Å². The molecule has 1 saturated carbocycles. The highest BCUT2D eigenvalue weighted by molar-refractivity contribution is 5.82. The van der Waals surface area contributed by atoms with E-state index in [1.165, 1.54) is 25.7 Å². The highest BCUT2D eigenvalue weighted by Gasteiger charge is 2.41. The van der Waals surface area contributed by atoms with Crippen molar-refractivity contribution in [2.45, 2.75) is 50.6 Å². The van der Waals surface area contributed by atoms with Crippen LogP contribution in [0.1, 0.15) is 38.5 Å². The van der Waals surface area contributed by atoms with E-state index in [4.69, 9.17) is 0 Å². The van der Waals surface area contributed by atoms with Crippen molar-refractivity contribution in [3.05, 3.63) is 18.3 Å². The van der Waals surface area contributed by atoms with Crippen LogP contribution in [0.25, 0.3) is 0 Å². The van der Waals surface area contributed by atoms with Crippen LogP contribution >= 0.6 is 0 Å². The molecular formula is C18H27N5O. The van der Waals surface area contributed by atoms with Crippen LogP contribution in [-0.4, -0.2) is 59.3 Å². The molecule has 1 aliphatic carbocycles. The second-order valence-corrected chi connectivity index (χ2v) is 7.38. The molecule has 24 heavy (non-hydrogen) atoms. The summed E-state index contributed by atoms with van der Waals surface area (Å²) in [5.41, 5.74) is 0. The molecule has 1 aromatic rings. The molecule has 2 aliphatic heterocycles. The number of nitrogens with one attached hydrogen (secondary N) is 1. The molecular weight excluding hydrogens is 302 g/mol. The van der Waals surface area contributed by atoms with Crippen LogP contribution in [0.2, 0.25) is 0 Å². The van der Waals surface area contributed by atoms with Crippen LogP contribution in [0.4, 0.5) is 5.82 Å². The molecule has 3 heterocycles. The zero-order valence-corrected chi connectivity index (χ0v) is 14.2. The summed E-state index contributed by atoms with van der Waals surface area (Å²) in [5, 5.41) is 11.5. The first-order valence-corrected chi connectivity index (χ1v) is 9.38. The number of hydrogen-bond acceptors (Lipinski definition) is 5. The third-order valence-corrected chi connectivity index (χ3v) is 5.59. The molecule has 0 radical (unpaired) electrons. The molecule has 2 saturated heterocycles. The average molecular weight is 329 g/mol. The van der Waals surface area contributed by atoms with Crippen molar-refractivity contribution >= 4 is 11.7 Å². The van der Waals surface area contributed by atoms with Crippen molar-refractivity contribution in [3.8, 4) is 0 Å². The van der Waals surface area contributed by atoms with E-state index in [0.29, 0.717) is 12.0 Å². The zero-order valence-electron chi connectivity index (χ0n) is 14.2. The Bertz CT molecular complexity index is 548. The first kappa shape index (κ1) is 15.8. The highest BCUT2D eigenvalue weighted by Crippen LogP contribution is 2.37. The van der Waals surface area contributed by atoms with E-state index in [0.717, 1.165) is 44.8 Å². The maximum absolute atomic E-state index is 12.8. The standard InChI is InChI=1S/C18H27N5O/c24-18(17(14-5-6-14)23-10-1-2-11-23)20-15-7-12-22(13-8-15)16-4-3-9-19-21-16/h3-4,9,14-15,17H,1-2,5-8,10-13H2,(H,20,24). The van der Waals surface area contributed by atoms with Gasteiger partial charge in [-0.2, -0.15) is 5.10 Å². The lowest BCUT2D eigenvalue weighted by Crippen LogP contribution is -2.52. The molecule has 3 fully saturated rings. The minimum absolute atomic E-state index is 0.130. The van der Waals surface area contributed by atoms with Gasteiger partial charge in [-0.3, -0.25) is 9.69 Å². The average Bonchev–Trinajstić information content (AvgIpc) is 3.30. The Balaban J connectivity index is 1.30. The van der Waals surface area contributed by atoms with E-state index in [-0.39, 0.29) is 11.9 Å². The van der Waals surface area contributed by atoms with Gasteiger partial charge in [-0.25, -0.2) is 0 Å². The number of likely N-dealkylation sites (tertiary alicyclic amines) is 1. The summed E-state index contributed by atoms with van der Waals surface area (Å²) < 4.78 is 0. The van der Waals surface area contributed by atoms with Gasteiger partial charge in [0.05, 0.1) is 6.04 Å². The van der Waals surface area contributed by atoms with Crippen molar-refractivity contribution in [2.75, 3.05) is 31.1 Å². The number of anilines is 1. The quantitative estimate of drug-likeness (QED) is 0.886. The van der Waals surface area contributed by atoms with Gasteiger partial charge in [-0.05, 0) is 69.7 Å². The Labute approximate surface area is 143 Å². The molecule has 4 rings (SSSR count). The first-order chi connectivity index (χ1) is 11.8. The molecule has 1 N–H and O–H groups in total. The Morgan fingerprint density at radius 3 is 2.50 bits per heavy atom. The molecule has 0 spiro atoms. The summed E-state index contributed by atoms with van der Waals surface area (Å²) in [6.45, 7) is 4.06. The SMILES string of the molecule is O=C(NC1CCN(c2cccnn2)CC1)C(C1CC1)N1CCCC1. The third-order valence-electron chi connectivity index (χ3n) is 5.59. The van der Waals surface area contributed by atoms with E-state index in [9.17, 15) is 4.79 Å². The molecule has 6 nitrogen and oxygen atoms in total. The number of piperidine rings is 1. The number of amides is 1. The lowest BCUT2D eigenvalue weighted by atomic mass is 10.0. The van der Waals surface area contributed by atoms with Crippen molar-refractivity contribution < 1.29 is 4.79 Å². The van der Waals surface area contributed by atoms with E-state index < -0.39 is 0 Å². The van der Waals surface area contributed by atoms with Crippen LogP contribution in [0.5, 0.6) is 0 Å². The minimum Gasteiger partial charge on any atom is -0.355 e. The summed E-state index contributed by atoms with van der Waals surface area (Å²) in [7, 11) is 0. The fourth-order valence-electron chi connectivity index (χ4n) is 4.11. The predicted octanol–water partition coefficient (Wildman–Crippen LogP) is 1.44. The fourth-order valence-corrected chi connectivity index (χ4v) is 4.11. The van der Waals surface area contributed by atoms with Gasteiger partial charge >= 0.3 is 0 Å². The molecule has 1 amide bonds. The van der Waals surface area contributed by atoms with Crippen molar-refractivity contribution in [1.29, 1.82) is 0 Å². The number of carbonyl (C=O) groups is 1. The summed E-state index contributed by atoms with van der Waals surface area (Å²) in [6.07, 6.45) is 8.60. The minimum atomic E-state index is 0.130. The summed E-state index contributed by atoms with van der Waals surface area (Å²) in [4.78, 5) is 17.5. The van der Waals surface area contributed by atoms with E-state index in [1.54, 1.807) is 6.20 Å². The molecule has 1 aromatic heterocycles. The molecule has 3 aliphatic rings. The molecule has 0 aromatic carbocycles. The van der Waals surface area contributed by atoms with Gasteiger partial charge in [-0.15, -0.1) is 5.10 Å². The van der Waals surface area contributed by atoms with Crippen molar-refractivity contribution in [3.63, 3.8) is 0 Å². The second kappa shape index (κ2) is 7.05. The first-order valence-electron chi connectivity index (χ1n) is 9.38. The monoisotopic (exact) mass is 329 g/mol. The fraction of sp³-hybridized carbons (Fsp3) is 0.722. The molecule has 1 atom stereocenters. The molecule has 130 valence electrons. The number of carbonyl (C=O) groups excluding carboxylic acids is 1. The van der Waals surface area contributed by atoms with Crippen LogP contribution < -0.4 is 10.2 Å². The highest BCUT2D eigenvalue weighted by atomic mass is 16.2. The van der Waals surface area contributed by atoms with Crippen LogP contribution in [0, 0.1) is 5.92 Å². The van der Waals surface area contributed by atoms with Gasteiger partial charge in [0.15, 0.2) is 5.82 Å². The smallest absolute Gasteiger partial charge is 0.237 e. The molecule has 0 bridgehead atoms. The third kappa shape index (κ3) is 3.53. The zero-order chi connectivity index (χ0) is 16.4. The van der Waals surface area contributed by atoms with Gasteiger partial charge in [0.1, 0.15) is 0 Å². The van der Waals surface area contributed by atoms with Gasteiger partial charge in [0.2, 0.25) is 5.91 Å². The van der Waals surface area contributed by atoms with E-state index >= 15 is 0 Å². The number of hydrogen-bond donors (Lipinski definition) is 1. The van der Waals surface area contributed by atoms with Crippen molar-refractivity contribution in [1.82, 2.24) is 20.4 Å². The summed E-state index contributed by atoms with van der Waals surface area (Å²) in [5.74, 6) is 1.82. The lowest BCUT2D eigenvalue weighted by molar-refractivity contribution is -0.127. The van der Waals surface area contributed by atoms with E-state index in [1.807, 2.05) is 12.1 Å². The van der Waals surface area contributed by atoms with E-state index in [2.05, 4.69) is 25.3 Å². The Hall–Kier alpha value is -1.69. The Kier molecular flexibility index (Phi) is 4.65. The van der Waals surface area contributed by atoms with Crippen molar-refractivity contribution in [2.24, 2.45) is 5.92 Å². The Morgan fingerprint density at radius 1 is 1.12 bits per heavy atom. The predicted molar refractivity (Wildman–Crippen MR) is 92.7 cm³/mol. The van der Waals surface area contributed by atoms with Crippen LogP contribution in [-0.2, 0) is 4.79 Å². The normalized spacial score (nSPS) is 24.1. The summed E-state index contributed by atoms with van der Waals surface area (Å²) in [6, 6.07) is 4.36. The van der Waals surface area contributed by atoms with Crippen LogP contribution in [0.15, 0.2) is 18.3 Å². The second-order valence-electron chi connectivity index (χ2n) is 7.38. The van der Waals surface area contributed by atoms with Gasteiger partial charge in [0.25, 0.3) is 0 Å². The maximum Gasteiger partial charge on any atom is 0.237 e. The number of aromatic nitrogens is 2. The lowest BCUT2D eigenvalue weighted by Gasteiger charge is -2.34. The number of rotatable bonds is 5. The van der Waals surface area contributed by atoms with Crippen LogP contribution in [0.3, 0.4) is 0 Å². The Morgan fingerprint density at radius 2 is 1.88 bits per heavy atom. The summed E-state index contributed by atoms with van der Waals surface area (Å²) >= 11 is 0. The molecule has 6 heteroatoms. The maximum atomic E-state index is 12.8. The number of nitrogens with zero attached hydrogens (tertiary/aromatic N) is 4. The van der Waals surface area contributed by atoms with Gasteiger partial charge in [-0.1, -0.05) is 0 Å².